The molecular formula is C13H13N5S. The van der Waals surface area contributed by atoms with E-state index < -0.39 is 0 Å². The van der Waals surface area contributed by atoms with E-state index in [4.69, 9.17) is 16.7 Å². The molecular weight excluding hydrogens is 258 g/mol. The molecule has 6 heteroatoms. The first-order chi connectivity index (χ1) is 9.19. The van der Waals surface area contributed by atoms with Crippen LogP contribution in [-0.2, 0) is 0 Å². The molecule has 0 bridgehead atoms. The van der Waals surface area contributed by atoms with Crippen LogP contribution in [-0.4, -0.2) is 9.97 Å². The smallest absolute Gasteiger partial charge is 0.192 e. The first-order valence-electron chi connectivity index (χ1n) is 5.67. The molecule has 0 amide bonds. The first kappa shape index (κ1) is 13.2. The molecule has 0 aliphatic rings. The highest BCUT2D eigenvalue weighted by Crippen LogP contribution is 2.36. The molecule has 0 saturated carbocycles. The Morgan fingerprint density at radius 2 is 1.79 bits per heavy atom. The number of nitrogens with two attached hydrogens (primary N) is 2. The minimum atomic E-state index is -0.0348. The number of rotatable bonds is 4. The molecule has 1 heterocycles. The van der Waals surface area contributed by atoms with Gasteiger partial charge in [0.15, 0.2) is 5.16 Å². The lowest BCUT2D eigenvalue weighted by Crippen LogP contribution is -2.01. The van der Waals surface area contributed by atoms with Crippen LogP contribution in [0.25, 0.3) is 0 Å². The van der Waals surface area contributed by atoms with E-state index >= 15 is 0 Å². The summed E-state index contributed by atoms with van der Waals surface area (Å²) in [6.07, 6.45) is 0.368. The van der Waals surface area contributed by atoms with Gasteiger partial charge >= 0.3 is 0 Å². The summed E-state index contributed by atoms with van der Waals surface area (Å²) in [5, 5.41) is 9.38. The van der Waals surface area contributed by atoms with Crippen molar-refractivity contribution in [2.75, 3.05) is 11.5 Å². The topological polar surface area (TPSA) is 102 Å². The summed E-state index contributed by atoms with van der Waals surface area (Å²) < 4.78 is 0. The number of aromatic nitrogens is 2. The van der Waals surface area contributed by atoms with Gasteiger partial charge < -0.3 is 11.5 Å². The summed E-state index contributed by atoms with van der Waals surface area (Å²) in [4.78, 5) is 8.24. The summed E-state index contributed by atoms with van der Waals surface area (Å²) in [5.41, 5.74) is 12.3. The number of nitrogens with zero attached hydrogens (tertiary/aromatic N) is 3. The normalized spacial score (nSPS) is 11.7. The van der Waals surface area contributed by atoms with Crippen LogP contribution in [0.1, 0.15) is 17.2 Å². The van der Waals surface area contributed by atoms with Crippen LogP contribution in [0, 0.1) is 11.3 Å². The fourth-order valence-corrected chi connectivity index (χ4v) is 2.64. The monoisotopic (exact) mass is 271 g/mol. The number of hydrogen-bond donors (Lipinski definition) is 2. The van der Waals surface area contributed by atoms with Crippen molar-refractivity contribution in [3.63, 3.8) is 0 Å². The lowest BCUT2D eigenvalue weighted by atomic mass is 10.1. The number of nitriles is 1. The highest BCUT2D eigenvalue weighted by Gasteiger charge is 2.15. The molecule has 1 atom stereocenters. The molecule has 0 saturated heterocycles. The van der Waals surface area contributed by atoms with Gasteiger partial charge in [0.25, 0.3) is 0 Å². The fourth-order valence-electron chi connectivity index (χ4n) is 1.62. The highest BCUT2D eigenvalue weighted by molar-refractivity contribution is 7.99. The molecule has 0 aliphatic carbocycles. The Morgan fingerprint density at radius 3 is 2.37 bits per heavy atom. The SMILES string of the molecule is N#CCC(Sc1nc(N)cc(N)n1)c1ccccc1. The summed E-state index contributed by atoms with van der Waals surface area (Å²) in [5.74, 6) is 0.664. The van der Waals surface area contributed by atoms with Crippen molar-refractivity contribution >= 4 is 23.4 Å². The van der Waals surface area contributed by atoms with Crippen molar-refractivity contribution in [3.8, 4) is 6.07 Å². The van der Waals surface area contributed by atoms with E-state index in [1.165, 1.54) is 17.8 Å². The molecule has 0 radical (unpaired) electrons. The maximum absolute atomic E-state index is 8.93. The van der Waals surface area contributed by atoms with E-state index in [1.807, 2.05) is 30.3 Å². The Labute approximate surface area is 115 Å². The Balaban J connectivity index is 2.24. The van der Waals surface area contributed by atoms with Gasteiger partial charge in [0, 0.05) is 6.07 Å². The van der Waals surface area contributed by atoms with E-state index in [-0.39, 0.29) is 5.25 Å². The number of anilines is 2. The Morgan fingerprint density at radius 1 is 1.16 bits per heavy atom. The van der Waals surface area contributed by atoms with Crippen LogP contribution in [0.4, 0.5) is 11.6 Å². The predicted molar refractivity (Wildman–Crippen MR) is 76.1 cm³/mol. The largest absolute Gasteiger partial charge is 0.383 e. The third-order valence-corrected chi connectivity index (χ3v) is 3.56. The maximum Gasteiger partial charge on any atom is 0.192 e. The van der Waals surface area contributed by atoms with Crippen LogP contribution in [0.2, 0.25) is 0 Å². The summed E-state index contributed by atoms with van der Waals surface area (Å²) in [7, 11) is 0. The number of nitrogen functional groups attached to an aromatic ring is 2. The van der Waals surface area contributed by atoms with E-state index in [2.05, 4.69) is 16.0 Å². The molecule has 2 rings (SSSR count). The maximum atomic E-state index is 8.93. The molecule has 0 fully saturated rings. The second-order valence-electron chi connectivity index (χ2n) is 3.88. The molecule has 5 nitrogen and oxygen atoms in total. The van der Waals surface area contributed by atoms with Gasteiger partial charge in [-0.05, 0) is 5.56 Å². The van der Waals surface area contributed by atoms with Crippen LogP contribution in [0.3, 0.4) is 0 Å². The average Bonchev–Trinajstić information content (AvgIpc) is 2.38. The zero-order valence-corrected chi connectivity index (χ0v) is 11.0. The molecule has 4 N–H and O–H groups in total. The number of thioether (sulfide) groups is 1. The van der Waals surface area contributed by atoms with Crippen LogP contribution >= 0.6 is 11.8 Å². The Hall–Kier alpha value is -2.26. The average molecular weight is 271 g/mol. The summed E-state index contributed by atoms with van der Waals surface area (Å²) in [6, 6.07) is 13.5. The third-order valence-electron chi connectivity index (χ3n) is 2.44. The Bertz CT molecular complexity index is 573. The van der Waals surface area contributed by atoms with Crippen molar-refractivity contribution in [1.29, 1.82) is 5.26 Å². The summed E-state index contributed by atoms with van der Waals surface area (Å²) in [6.45, 7) is 0. The van der Waals surface area contributed by atoms with Gasteiger partial charge in [-0.15, -0.1) is 0 Å². The van der Waals surface area contributed by atoms with Crippen molar-refractivity contribution in [2.24, 2.45) is 0 Å². The molecule has 19 heavy (non-hydrogen) atoms. The van der Waals surface area contributed by atoms with Gasteiger partial charge in [0.05, 0.1) is 17.7 Å². The second kappa shape index (κ2) is 6.07. The molecule has 1 aromatic heterocycles. The number of hydrogen-bond acceptors (Lipinski definition) is 6. The van der Waals surface area contributed by atoms with Gasteiger partial charge in [-0.2, -0.15) is 5.26 Å². The summed E-state index contributed by atoms with van der Waals surface area (Å²) >= 11 is 1.39. The fraction of sp³-hybridized carbons (Fsp3) is 0.154. The molecule has 1 aromatic carbocycles. The molecule has 96 valence electrons. The quantitative estimate of drug-likeness (QED) is 0.654. The van der Waals surface area contributed by atoms with Crippen LogP contribution < -0.4 is 11.5 Å². The van der Waals surface area contributed by atoms with E-state index in [0.29, 0.717) is 23.2 Å². The first-order valence-corrected chi connectivity index (χ1v) is 6.55. The zero-order chi connectivity index (χ0) is 13.7. The zero-order valence-electron chi connectivity index (χ0n) is 10.2. The van der Waals surface area contributed by atoms with Gasteiger partial charge in [0.1, 0.15) is 11.6 Å². The number of benzene rings is 1. The molecule has 0 spiro atoms. The van der Waals surface area contributed by atoms with Crippen molar-refractivity contribution < 1.29 is 0 Å². The third kappa shape index (κ3) is 3.60. The molecule has 0 aliphatic heterocycles. The van der Waals surface area contributed by atoms with Crippen molar-refractivity contribution in [2.45, 2.75) is 16.8 Å². The lowest BCUT2D eigenvalue weighted by molar-refractivity contribution is 0.935. The van der Waals surface area contributed by atoms with Crippen LogP contribution in [0.5, 0.6) is 0 Å². The second-order valence-corrected chi connectivity index (χ2v) is 5.05. The van der Waals surface area contributed by atoms with Crippen LogP contribution in [0.15, 0.2) is 41.6 Å². The minimum absolute atomic E-state index is 0.0348. The van der Waals surface area contributed by atoms with Gasteiger partial charge in [-0.25, -0.2) is 9.97 Å². The van der Waals surface area contributed by atoms with Crippen molar-refractivity contribution in [3.05, 3.63) is 42.0 Å². The lowest BCUT2D eigenvalue weighted by Gasteiger charge is -2.12. The predicted octanol–water partition coefficient (Wildman–Crippen LogP) is 2.39. The molecule has 1 unspecified atom stereocenters. The highest BCUT2D eigenvalue weighted by atomic mass is 32.2. The van der Waals surface area contributed by atoms with E-state index in [1.54, 1.807) is 0 Å². The van der Waals surface area contributed by atoms with Crippen molar-refractivity contribution in [1.82, 2.24) is 9.97 Å². The van der Waals surface area contributed by atoms with E-state index in [0.717, 1.165) is 5.56 Å². The Kier molecular flexibility index (Phi) is 4.21. The molecule has 2 aromatic rings. The minimum Gasteiger partial charge on any atom is -0.383 e. The van der Waals surface area contributed by atoms with Gasteiger partial charge in [-0.3, -0.25) is 0 Å². The standard InChI is InChI=1S/C13H13N5S/c14-7-6-10(9-4-2-1-3-5-9)19-13-17-11(15)8-12(16)18-13/h1-5,8,10H,6H2,(H4,15,16,17,18). The van der Waals surface area contributed by atoms with E-state index in [9.17, 15) is 0 Å². The van der Waals surface area contributed by atoms with Gasteiger partial charge in [-0.1, -0.05) is 42.1 Å². The van der Waals surface area contributed by atoms with Gasteiger partial charge in [0.2, 0.25) is 0 Å².